The number of phenolic OH excluding ortho intramolecular Hbond substituents is 1. The maximum Gasteiger partial charge on any atom is 0.324 e. The number of likely N-dealkylation sites (tertiary alicyclic amines) is 1. The van der Waals surface area contributed by atoms with Crippen LogP contribution in [0.4, 0.5) is 17.1 Å². The largest absolute Gasteiger partial charge is 0.497 e. The van der Waals surface area contributed by atoms with Crippen molar-refractivity contribution in [3.05, 3.63) is 55.1 Å². The summed E-state index contributed by atoms with van der Waals surface area (Å²) in [5.74, 6) is -1.21. The number of benzene rings is 1. The first-order valence-electron chi connectivity index (χ1n) is 7.32. The van der Waals surface area contributed by atoms with Crippen LogP contribution >= 0.6 is 0 Å². The van der Waals surface area contributed by atoms with Gasteiger partial charge in [0.05, 0.1) is 26.9 Å². The van der Waals surface area contributed by atoms with Crippen molar-refractivity contribution < 1.29 is 19.9 Å². The van der Waals surface area contributed by atoms with E-state index in [4.69, 9.17) is 5.11 Å². The van der Waals surface area contributed by atoms with Crippen molar-refractivity contribution in [1.29, 1.82) is 0 Å². The van der Waals surface area contributed by atoms with Crippen LogP contribution in [0.5, 0.6) is 5.75 Å². The highest BCUT2D eigenvalue weighted by atomic mass is 16.6. The number of nitro groups is 3. The zero-order valence-electron chi connectivity index (χ0n) is 13.5. The third kappa shape index (κ3) is 5.21. The molecule has 136 valence electrons. The normalized spacial score (nSPS) is 17.1. The summed E-state index contributed by atoms with van der Waals surface area (Å²) in [6.45, 7) is 5.04. The van der Waals surface area contributed by atoms with Crippen molar-refractivity contribution in [3.63, 3.8) is 0 Å². The first-order chi connectivity index (χ1) is 11.7. The molecule has 1 aliphatic heterocycles. The summed E-state index contributed by atoms with van der Waals surface area (Å²) < 4.78 is 0. The van der Waals surface area contributed by atoms with Crippen molar-refractivity contribution in [1.82, 2.24) is 4.90 Å². The molecule has 0 amide bonds. The van der Waals surface area contributed by atoms with Crippen molar-refractivity contribution in [2.45, 2.75) is 25.3 Å². The summed E-state index contributed by atoms with van der Waals surface area (Å²) in [4.78, 5) is 30.1. The molecular formula is C14H18N4O7. The van der Waals surface area contributed by atoms with E-state index in [1.165, 1.54) is 25.8 Å². The third-order valence-corrected chi connectivity index (χ3v) is 3.76. The van der Waals surface area contributed by atoms with Crippen molar-refractivity contribution in [2.75, 3.05) is 13.6 Å². The monoisotopic (exact) mass is 354 g/mol. The Balaban J connectivity index is 0.000000293. The highest BCUT2D eigenvalue weighted by Crippen LogP contribution is 2.38. The smallest absolute Gasteiger partial charge is 0.324 e. The molecule has 1 fully saturated rings. The molecule has 0 spiro atoms. The number of piperidine rings is 1. The standard InChI is InChI=1S/C8H15N.C6H3N3O7/c1-3-8-6-4-5-7-9(8)2;10-6-4(8(13)14)1-3(7(11)12)2-5(6)9(15)16/h3,8H,1,4-7H2,2H3;1-2,10H. The molecule has 0 aliphatic carbocycles. The van der Waals surface area contributed by atoms with Crippen LogP contribution in [0, 0.1) is 30.3 Å². The number of aromatic hydroxyl groups is 1. The lowest BCUT2D eigenvalue weighted by Crippen LogP contribution is -2.34. The Labute approximate surface area is 142 Å². The zero-order valence-corrected chi connectivity index (χ0v) is 13.5. The number of nitrogens with zero attached hydrogens (tertiary/aromatic N) is 4. The molecule has 1 aromatic carbocycles. The van der Waals surface area contributed by atoms with E-state index < -0.39 is 37.6 Å². The third-order valence-electron chi connectivity index (χ3n) is 3.76. The fourth-order valence-corrected chi connectivity index (χ4v) is 2.37. The van der Waals surface area contributed by atoms with E-state index in [0.717, 1.165) is 0 Å². The summed E-state index contributed by atoms with van der Waals surface area (Å²) in [5.41, 5.74) is -3.00. The minimum atomic E-state index is -1.21. The number of nitro benzene ring substituents is 3. The summed E-state index contributed by atoms with van der Waals surface area (Å²) in [7, 11) is 2.17. The van der Waals surface area contributed by atoms with Gasteiger partial charge in [-0.25, -0.2) is 0 Å². The van der Waals surface area contributed by atoms with E-state index in [1.807, 2.05) is 0 Å². The van der Waals surface area contributed by atoms with Crippen LogP contribution in [-0.2, 0) is 0 Å². The van der Waals surface area contributed by atoms with E-state index in [9.17, 15) is 30.3 Å². The molecule has 11 heteroatoms. The van der Waals surface area contributed by atoms with Crippen molar-refractivity contribution >= 4 is 17.1 Å². The Morgan fingerprint density at radius 1 is 1.12 bits per heavy atom. The fraction of sp³-hybridized carbons (Fsp3) is 0.429. The molecule has 0 saturated carbocycles. The van der Waals surface area contributed by atoms with Crippen molar-refractivity contribution in [3.8, 4) is 5.75 Å². The van der Waals surface area contributed by atoms with Crippen LogP contribution in [-0.4, -0.2) is 44.4 Å². The molecule has 1 heterocycles. The molecule has 0 aromatic heterocycles. The van der Waals surface area contributed by atoms with Gasteiger partial charge >= 0.3 is 11.4 Å². The molecule has 0 bridgehead atoms. The second-order valence-corrected chi connectivity index (χ2v) is 5.38. The molecular weight excluding hydrogens is 336 g/mol. The summed E-state index contributed by atoms with van der Waals surface area (Å²) in [6, 6.07) is 1.55. The van der Waals surface area contributed by atoms with Crippen LogP contribution in [0.2, 0.25) is 0 Å². The molecule has 1 N–H and O–H groups in total. The fourth-order valence-electron chi connectivity index (χ4n) is 2.37. The second kappa shape index (κ2) is 8.68. The van der Waals surface area contributed by atoms with Crippen LogP contribution in [0.1, 0.15) is 19.3 Å². The molecule has 1 atom stereocenters. The second-order valence-electron chi connectivity index (χ2n) is 5.38. The van der Waals surface area contributed by atoms with Gasteiger partial charge in [-0.3, -0.25) is 35.2 Å². The van der Waals surface area contributed by atoms with Crippen LogP contribution in [0.25, 0.3) is 0 Å². The summed E-state index contributed by atoms with van der Waals surface area (Å²) in [6.07, 6.45) is 6.10. The SMILES string of the molecule is C=CC1CCCCN1C.O=[N+]([O-])c1cc([N+](=O)[O-])c(O)c([N+](=O)[O-])c1. The van der Waals surface area contributed by atoms with Crippen LogP contribution in [0.3, 0.4) is 0 Å². The molecule has 0 radical (unpaired) electrons. The maximum atomic E-state index is 10.4. The first-order valence-corrected chi connectivity index (χ1v) is 7.32. The number of phenols is 1. The van der Waals surface area contributed by atoms with Crippen LogP contribution in [0.15, 0.2) is 24.8 Å². The van der Waals surface area contributed by atoms with Gasteiger partial charge in [-0.15, -0.1) is 6.58 Å². The van der Waals surface area contributed by atoms with E-state index in [2.05, 4.69) is 24.6 Å². The topological polar surface area (TPSA) is 153 Å². The van der Waals surface area contributed by atoms with Crippen LogP contribution < -0.4 is 0 Å². The lowest BCUT2D eigenvalue weighted by atomic mass is 10.0. The Morgan fingerprint density at radius 3 is 1.96 bits per heavy atom. The average molecular weight is 354 g/mol. The molecule has 1 saturated heterocycles. The maximum absolute atomic E-state index is 10.4. The molecule has 1 unspecified atom stereocenters. The predicted octanol–water partition coefficient (Wildman–Crippen LogP) is 2.77. The van der Waals surface area contributed by atoms with Gasteiger partial charge < -0.3 is 5.11 Å². The van der Waals surface area contributed by atoms with Gasteiger partial charge in [-0.1, -0.05) is 12.5 Å². The van der Waals surface area contributed by atoms with Crippen molar-refractivity contribution in [2.24, 2.45) is 0 Å². The Hall–Kier alpha value is -3.08. The van der Waals surface area contributed by atoms with Gasteiger partial charge in [-0.2, -0.15) is 0 Å². The van der Waals surface area contributed by atoms with Gasteiger partial charge in [0.2, 0.25) is 0 Å². The highest BCUT2D eigenvalue weighted by Gasteiger charge is 2.30. The molecule has 1 aliphatic rings. The summed E-state index contributed by atoms with van der Waals surface area (Å²) in [5, 5.41) is 40.2. The Bertz CT molecular complexity index is 657. The number of likely N-dealkylation sites (N-methyl/N-ethyl adjacent to an activating group) is 1. The highest BCUT2D eigenvalue weighted by molar-refractivity contribution is 5.64. The number of hydrogen-bond donors (Lipinski definition) is 1. The molecule has 11 nitrogen and oxygen atoms in total. The number of rotatable bonds is 4. The van der Waals surface area contributed by atoms with Gasteiger partial charge in [0.15, 0.2) is 0 Å². The first kappa shape index (κ1) is 20.0. The van der Waals surface area contributed by atoms with Gasteiger partial charge in [0, 0.05) is 6.04 Å². The quantitative estimate of drug-likeness (QED) is 0.492. The number of non-ortho nitro benzene ring substituents is 1. The molecule has 25 heavy (non-hydrogen) atoms. The van der Waals surface area contributed by atoms with E-state index in [1.54, 1.807) is 0 Å². The Kier molecular flexibility index (Phi) is 6.93. The van der Waals surface area contributed by atoms with E-state index in [0.29, 0.717) is 18.2 Å². The zero-order chi connectivity index (χ0) is 19.1. The minimum Gasteiger partial charge on any atom is -0.497 e. The molecule has 2 rings (SSSR count). The lowest BCUT2D eigenvalue weighted by Gasteiger charge is -2.29. The number of hydrogen-bond acceptors (Lipinski definition) is 8. The van der Waals surface area contributed by atoms with E-state index >= 15 is 0 Å². The average Bonchev–Trinajstić information content (AvgIpc) is 2.55. The minimum absolute atomic E-state index is 0.447. The van der Waals surface area contributed by atoms with Gasteiger partial charge in [0.25, 0.3) is 11.4 Å². The van der Waals surface area contributed by atoms with Gasteiger partial charge in [0.1, 0.15) is 0 Å². The lowest BCUT2D eigenvalue weighted by molar-refractivity contribution is -0.404. The molecule has 1 aromatic rings. The summed E-state index contributed by atoms with van der Waals surface area (Å²) >= 11 is 0. The van der Waals surface area contributed by atoms with E-state index in [-0.39, 0.29) is 0 Å². The Morgan fingerprint density at radius 2 is 1.64 bits per heavy atom. The predicted molar refractivity (Wildman–Crippen MR) is 88.5 cm³/mol. The van der Waals surface area contributed by atoms with Gasteiger partial charge in [-0.05, 0) is 26.4 Å².